The Balaban J connectivity index is 1.53. The van der Waals surface area contributed by atoms with Gasteiger partial charge in [0.25, 0.3) is 0 Å². The largest absolute Gasteiger partial charge is 0.454 e. The van der Waals surface area contributed by atoms with Crippen molar-refractivity contribution in [2.45, 2.75) is 24.0 Å². The maximum Gasteiger partial charge on any atom is 0.338 e. The van der Waals surface area contributed by atoms with Crippen molar-refractivity contribution in [3.63, 3.8) is 0 Å². The van der Waals surface area contributed by atoms with E-state index in [1.807, 2.05) is 24.3 Å². The third kappa shape index (κ3) is 4.00. The zero-order valence-electron chi connectivity index (χ0n) is 19.2. The Bertz CT molecular complexity index is 1520. The quantitative estimate of drug-likeness (QED) is 0.245. The van der Waals surface area contributed by atoms with Crippen molar-refractivity contribution in [1.82, 2.24) is 0 Å². The Labute approximate surface area is 228 Å². The summed E-state index contributed by atoms with van der Waals surface area (Å²) >= 11 is 20.2. The number of carbonyl (C=O) groups is 2. The van der Waals surface area contributed by atoms with Crippen molar-refractivity contribution in [2.24, 2.45) is 0 Å². The summed E-state index contributed by atoms with van der Waals surface area (Å²) < 4.78 is 12.3. The van der Waals surface area contributed by atoms with Crippen molar-refractivity contribution in [3.05, 3.63) is 139 Å². The van der Waals surface area contributed by atoms with E-state index < -0.39 is 36.0 Å². The lowest BCUT2D eigenvalue weighted by Gasteiger charge is -2.49. The van der Waals surface area contributed by atoms with E-state index in [0.29, 0.717) is 26.2 Å². The van der Waals surface area contributed by atoms with Gasteiger partial charge in [-0.05, 0) is 64.7 Å². The van der Waals surface area contributed by atoms with Crippen LogP contribution in [0, 0.1) is 0 Å². The molecular formula is C30H19Cl3O4. The fourth-order valence-corrected chi connectivity index (χ4v) is 6.38. The molecule has 0 radical (unpaired) electrons. The van der Waals surface area contributed by atoms with Gasteiger partial charge in [-0.2, -0.15) is 0 Å². The normalized spacial score (nSPS) is 21.1. The van der Waals surface area contributed by atoms with Crippen LogP contribution in [0.15, 0.2) is 91.0 Å². The van der Waals surface area contributed by atoms with Crippen molar-refractivity contribution >= 4 is 46.7 Å². The van der Waals surface area contributed by atoms with Crippen molar-refractivity contribution < 1.29 is 19.1 Å². The molecule has 0 amide bonds. The Hall–Kier alpha value is -3.31. The van der Waals surface area contributed by atoms with E-state index in [2.05, 4.69) is 0 Å². The molecule has 7 rings (SSSR count). The van der Waals surface area contributed by atoms with Crippen LogP contribution in [0.3, 0.4) is 0 Å². The first-order chi connectivity index (χ1) is 18.0. The fourth-order valence-electron chi connectivity index (χ4n) is 5.52. The van der Waals surface area contributed by atoms with Crippen LogP contribution in [-0.4, -0.2) is 24.1 Å². The number of carbonyl (C=O) groups excluding carboxylic acids is 2. The minimum atomic E-state index is -0.888. The first-order valence-corrected chi connectivity index (χ1v) is 12.9. The number of hydrogen-bond donors (Lipinski definition) is 0. The zero-order valence-corrected chi connectivity index (χ0v) is 21.5. The first kappa shape index (κ1) is 24.1. The summed E-state index contributed by atoms with van der Waals surface area (Å²) in [6, 6.07) is 26.4. The van der Waals surface area contributed by atoms with E-state index in [1.54, 1.807) is 66.7 Å². The molecular weight excluding hydrogens is 531 g/mol. The highest BCUT2D eigenvalue weighted by Crippen LogP contribution is 2.59. The van der Waals surface area contributed by atoms with Crippen LogP contribution in [0.5, 0.6) is 0 Å². The number of fused-ring (bicyclic) bond motifs is 1. The standard InChI is InChI=1S/C30H19Cl3O4/c31-19-13-7-12-18-22(19)26-25-21(33)15-14-20(32)24(25)23(18)27(36-29(34)16-8-3-1-4-9-16)28(26)37-30(35)17-10-5-2-6-11-17/h1-15,23,26-28H/t23-,26-,27?,28?/m0/s1. The van der Waals surface area contributed by atoms with Crippen LogP contribution in [0.1, 0.15) is 54.8 Å². The zero-order chi connectivity index (χ0) is 25.7. The summed E-state index contributed by atoms with van der Waals surface area (Å²) in [7, 11) is 0. The highest BCUT2D eigenvalue weighted by Gasteiger charge is 2.56. The van der Waals surface area contributed by atoms with E-state index in [0.717, 1.165) is 22.3 Å². The number of rotatable bonds is 4. The summed E-state index contributed by atoms with van der Waals surface area (Å²) in [5.41, 5.74) is 3.93. The van der Waals surface area contributed by atoms with E-state index in [4.69, 9.17) is 44.3 Å². The second kappa shape index (κ2) is 9.53. The summed E-state index contributed by atoms with van der Waals surface area (Å²) in [4.78, 5) is 26.6. The molecule has 4 nitrogen and oxygen atoms in total. The Kier molecular flexibility index (Phi) is 6.20. The molecule has 0 fully saturated rings. The smallest absolute Gasteiger partial charge is 0.338 e. The number of benzene rings is 4. The number of halogens is 3. The SMILES string of the molecule is O=C(OC1C(OC(=O)c2ccccc2)[C@H]2c3cccc(Cl)c3[C@H]1c1c(Cl)ccc(Cl)c12)c1ccccc1. The molecule has 184 valence electrons. The maximum absolute atomic E-state index is 13.3. The van der Waals surface area contributed by atoms with Gasteiger partial charge in [0, 0.05) is 15.1 Å². The van der Waals surface area contributed by atoms with E-state index in [-0.39, 0.29) is 0 Å². The molecule has 3 aliphatic rings. The Morgan fingerprint density at radius 1 is 0.514 bits per heavy atom. The monoisotopic (exact) mass is 548 g/mol. The van der Waals surface area contributed by atoms with Crippen LogP contribution in [0.2, 0.25) is 15.1 Å². The molecule has 0 spiro atoms. The summed E-state index contributed by atoms with van der Waals surface area (Å²) in [6.45, 7) is 0. The molecule has 2 bridgehead atoms. The minimum Gasteiger partial charge on any atom is -0.454 e. The highest BCUT2D eigenvalue weighted by molar-refractivity contribution is 6.35. The fraction of sp³-hybridized carbons (Fsp3) is 0.133. The van der Waals surface area contributed by atoms with Crippen LogP contribution in [0.25, 0.3) is 0 Å². The van der Waals surface area contributed by atoms with Gasteiger partial charge in [0.1, 0.15) is 0 Å². The lowest BCUT2D eigenvalue weighted by Crippen LogP contribution is -2.51. The predicted octanol–water partition coefficient (Wildman–Crippen LogP) is 7.69. The molecule has 7 heteroatoms. The molecule has 4 atom stereocenters. The second-order valence-corrected chi connectivity index (χ2v) is 10.2. The predicted molar refractivity (Wildman–Crippen MR) is 143 cm³/mol. The molecule has 0 aliphatic heterocycles. The van der Waals surface area contributed by atoms with Gasteiger partial charge in [0.05, 0.1) is 23.0 Å². The average Bonchev–Trinajstić information content (AvgIpc) is 2.92. The molecule has 4 aromatic rings. The Morgan fingerprint density at radius 2 is 0.973 bits per heavy atom. The third-order valence-corrected chi connectivity index (χ3v) is 8.01. The number of esters is 2. The topological polar surface area (TPSA) is 52.6 Å². The summed E-state index contributed by atoms with van der Waals surface area (Å²) in [5, 5.41) is 1.49. The molecule has 0 N–H and O–H groups in total. The van der Waals surface area contributed by atoms with Gasteiger partial charge in [-0.15, -0.1) is 0 Å². The van der Waals surface area contributed by atoms with Crippen LogP contribution in [0.4, 0.5) is 0 Å². The second-order valence-electron chi connectivity index (χ2n) is 9.03. The minimum absolute atomic E-state index is 0.383. The maximum atomic E-state index is 13.3. The van der Waals surface area contributed by atoms with Crippen molar-refractivity contribution in [2.75, 3.05) is 0 Å². The lowest BCUT2D eigenvalue weighted by atomic mass is 9.60. The molecule has 4 aromatic carbocycles. The molecule has 0 aromatic heterocycles. The van der Waals surface area contributed by atoms with Gasteiger partial charge in [-0.1, -0.05) is 83.3 Å². The first-order valence-electron chi connectivity index (χ1n) is 11.7. The highest BCUT2D eigenvalue weighted by atomic mass is 35.5. The van der Waals surface area contributed by atoms with Gasteiger partial charge >= 0.3 is 11.9 Å². The van der Waals surface area contributed by atoms with Gasteiger partial charge in [-0.3, -0.25) is 0 Å². The van der Waals surface area contributed by atoms with Gasteiger partial charge in [0.2, 0.25) is 0 Å². The van der Waals surface area contributed by atoms with E-state index >= 15 is 0 Å². The average molecular weight is 550 g/mol. The Morgan fingerprint density at radius 3 is 1.51 bits per heavy atom. The van der Waals surface area contributed by atoms with Gasteiger partial charge in [-0.25, -0.2) is 9.59 Å². The van der Waals surface area contributed by atoms with E-state index in [9.17, 15) is 9.59 Å². The third-order valence-electron chi connectivity index (χ3n) is 7.02. The molecule has 0 heterocycles. The number of hydrogen-bond acceptors (Lipinski definition) is 4. The molecule has 3 aliphatic carbocycles. The summed E-state index contributed by atoms with van der Waals surface area (Å²) in [5.74, 6) is -2.19. The van der Waals surface area contributed by atoms with Crippen molar-refractivity contribution in [1.29, 1.82) is 0 Å². The van der Waals surface area contributed by atoms with Crippen LogP contribution in [-0.2, 0) is 9.47 Å². The van der Waals surface area contributed by atoms with Gasteiger partial charge < -0.3 is 9.47 Å². The van der Waals surface area contributed by atoms with Crippen LogP contribution >= 0.6 is 34.8 Å². The molecule has 0 saturated heterocycles. The molecule has 37 heavy (non-hydrogen) atoms. The van der Waals surface area contributed by atoms with E-state index in [1.165, 1.54) is 0 Å². The lowest BCUT2D eigenvalue weighted by molar-refractivity contribution is -0.0557. The number of ether oxygens (including phenoxy) is 2. The summed E-state index contributed by atoms with van der Waals surface area (Å²) in [6.07, 6.45) is -1.75. The van der Waals surface area contributed by atoms with Crippen molar-refractivity contribution in [3.8, 4) is 0 Å². The van der Waals surface area contributed by atoms with Crippen LogP contribution < -0.4 is 0 Å². The molecule has 2 unspecified atom stereocenters. The van der Waals surface area contributed by atoms with Gasteiger partial charge in [0.15, 0.2) is 12.2 Å². The molecule has 0 saturated carbocycles.